The second-order valence-electron chi connectivity index (χ2n) is 14.6. The van der Waals surface area contributed by atoms with Gasteiger partial charge in [0.05, 0.1) is 0 Å². The SMILES string of the molecule is CC/C=C\C/C=C\C/C=C\CCCCCCC(=O)OCC(COC(=O)CCCCC/C=C\C=C/CCCC)OC(=O)CC/C=C\C/C=C\CCCCCCCC. The van der Waals surface area contributed by atoms with Gasteiger partial charge in [0, 0.05) is 19.3 Å². The van der Waals surface area contributed by atoms with Crippen LogP contribution in [0.3, 0.4) is 0 Å². The van der Waals surface area contributed by atoms with Crippen molar-refractivity contribution in [1.82, 2.24) is 0 Å². The van der Waals surface area contributed by atoms with E-state index in [-0.39, 0.29) is 31.6 Å². The third kappa shape index (κ3) is 41.7. The van der Waals surface area contributed by atoms with E-state index in [2.05, 4.69) is 99.8 Å². The first-order valence-corrected chi connectivity index (χ1v) is 22.6. The van der Waals surface area contributed by atoms with Gasteiger partial charge in [-0.15, -0.1) is 0 Å². The van der Waals surface area contributed by atoms with Gasteiger partial charge in [-0.3, -0.25) is 14.4 Å². The van der Waals surface area contributed by atoms with Crippen LogP contribution < -0.4 is 0 Å². The minimum Gasteiger partial charge on any atom is -0.462 e. The van der Waals surface area contributed by atoms with Gasteiger partial charge < -0.3 is 14.2 Å². The van der Waals surface area contributed by atoms with Crippen LogP contribution in [0.5, 0.6) is 0 Å². The minimum absolute atomic E-state index is 0.121. The molecule has 0 aliphatic heterocycles. The van der Waals surface area contributed by atoms with Crippen molar-refractivity contribution in [1.29, 1.82) is 0 Å². The van der Waals surface area contributed by atoms with E-state index in [9.17, 15) is 14.4 Å². The number of hydrogen-bond donors (Lipinski definition) is 0. The van der Waals surface area contributed by atoms with Gasteiger partial charge in [0.25, 0.3) is 0 Å². The van der Waals surface area contributed by atoms with Gasteiger partial charge >= 0.3 is 17.9 Å². The summed E-state index contributed by atoms with van der Waals surface area (Å²) in [4.78, 5) is 37.7. The average Bonchev–Trinajstić information content (AvgIpc) is 3.19. The van der Waals surface area contributed by atoms with Crippen LogP contribution in [-0.2, 0) is 28.6 Å². The monoisotopic (exact) mass is 779 g/mol. The molecule has 0 aromatic carbocycles. The summed E-state index contributed by atoms with van der Waals surface area (Å²) < 4.78 is 16.6. The zero-order valence-corrected chi connectivity index (χ0v) is 36.1. The molecule has 6 nitrogen and oxygen atoms in total. The van der Waals surface area contributed by atoms with Crippen LogP contribution >= 0.6 is 0 Å². The summed E-state index contributed by atoms with van der Waals surface area (Å²) in [5.74, 6) is -1.05. The average molecular weight is 779 g/mol. The lowest BCUT2D eigenvalue weighted by Gasteiger charge is -2.18. The maximum atomic E-state index is 12.7. The summed E-state index contributed by atoms with van der Waals surface area (Å²) in [6.45, 7) is 6.34. The zero-order valence-electron chi connectivity index (χ0n) is 36.1. The minimum atomic E-state index is -0.825. The van der Waals surface area contributed by atoms with E-state index in [0.717, 1.165) is 96.3 Å². The molecule has 0 fully saturated rings. The maximum Gasteiger partial charge on any atom is 0.306 e. The standard InChI is InChI=1S/C50H82O6/c1-4-7-10-13-16-19-22-24-26-28-31-34-37-40-43-49(52)55-46-47(45-54-48(51)42-39-36-33-30-27-21-18-15-12-9-6-3)56-50(53)44-41-38-35-32-29-25-23-20-17-14-11-8-5-2/h7,10,15-16,18-19,21,24-27,29,35,38,47H,4-6,8-9,11-14,17,20,22-23,28,30-34,36-37,39-46H2,1-3H3/b10-7-,18-15-,19-16-,26-24-,27-21-,29-25-,38-35-. The number of carbonyl (C=O) groups excluding carboxylic acids is 3. The van der Waals surface area contributed by atoms with Crippen molar-refractivity contribution in [3.05, 3.63) is 85.1 Å². The molecule has 0 radical (unpaired) electrons. The van der Waals surface area contributed by atoms with E-state index in [1.54, 1.807) is 0 Å². The van der Waals surface area contributed by atoms with Crippen molar-refractivity contribution >= 4 is 17.9 Å². The molecule has 0 amide bonds. The summed E-state index contributed by atoms with van der Waals surface area (Å²) in [6.07, 6.45) is 55.8. The van der Waals surface area contributed by atoms with Crippen molar-refractivity contribution in [3.63, 3.8) is 0 Å². The predicted octanol–water partition coefficient (Wildman–Crippen LogP) is 14.5. The Labute approximate surface area is 344 Å². The molecular weight excluding hydrogens is 697 g/mol. The number of esters is 3. The van der Waals surface area contributed by atoms with Crippen LogP contribution in [0.1, 0.15) is 194 Å². The summed E-state index contributed by atoms with van der Waals surface area (Å²) in [6, 6.07) is 0. The highest BCUT2D eigenvalue weighted by atomic mass is 16.6. The van der Waals surface area contributed by atoms with E-state index >= 15 is 0 Å². The van der Waals surface area contributed by atoms with Crippen LogP contribution in [0.2, 0.25) is 0 Å². The Morgan fingerprint density at radius 3 is 1.34 bits per heavy atom. The Bertz CT molecular complexity index is 1120. The lowest BCUT2D eigenvalue weighted by molar-refractivity contribution is -0.166. The highest BCUT2D eigenvalue weighted by Gasteiger charge is 2.19. The Hall–Kier alpha value is -3.41. The molecule has 318 valence electrons. The third-order valence-electron chi connectivity index (χ3n) is 9.14. The Morgan fingerprint density at radius 1 is 0.393 bits per heavy atom. The van der Waals surface area contributed by atoms with Crippen molar-refractivity contribution in [2.45, 2.75) is 200 Å². The van der Waals surface area contributed by atoms with E-state index in [0.29, 0.717) is 19.3 Å². The van der Waals surface area contributed by atoms with Crippen LogP contribution in [0.25, 0.3) is 0 Å². The first kappa shape index (κ1) is 52.6. The summed E-state index contributed by atoms with van der Waals surface area (Å²) in [7, 11) is 0. The molecule has 0 aromatic heterocycles. The fourth-order valence-corrected chi connectivity index (χ4v) is 5.72. The largest absolute Gasteiger partial charge is 0.462 e. The summed E-state index contributed by atoms with van der Waals surface area (Å²) >= 11 is 0. The molecular formula is C50H82O6. The number of hydrogen-bond acceptors (Lipinski definition) is 6. The van der Waals surface area contributed by atoms with Gasteiger partial charge in [0.2, 0.25) is 0 Å². The lowest BCUT2D eigenvalue weighted by Crippen LogP contribution is -2.30. The second kappa shape index (κ2) is 44.3. The molecule has 0 heterocycles. The van der Waals surface area contributed by atoms with Crippen LogP contribution in [0.15, 0.2) is 85.1 Å². The fraction of sp³-hybridized carbons (Fsp3) is 0.660. The van der Waals surface area contributed by atoms with E-state index in [1.807, 2.05) is 6.08 Å². The van der Waals surface area contributed by atoms with E-state index in [4.69, 9.17) is 14.2 Å². The van der Waals surface area contributed by atoms with Gasteiger partial charge in [0.15, 0.2) is 6.10 Å². The molecule has 0 aliphatic carbocycles. The molecule has 56 heavy (non-hydrogen) atoms. The molecule has 0 saturated heterocycles. The molecule has 6 heteroatoms. The highest BCUT2D eigenvalue weighted by molar-refractivity contribution is 5.71. The van der Waals surface area contributed by atoms with Crippen LogP contribution in [-0.4, -0.2) is 37.2 Å². The smallest absolute Gasteiger partial charge is 0.306 e. The zero-order chi connectivity index (χ0) is 40.8. The third-order valence-corrected chi connectivity index (χ3v) is 9.14. The van der Waals surface area contributed by atoms with Gasteiger partial charge in [0.1, 0.15) is 13.2 Å². The second-order valence-corrected chi connectivity index (χ2v) is 14.6. The number of unbranched alkanes of at least 4 members (excludes halogenated alkanes) is 15. The van der Waals surface area contributed by atoms with Crippen molar-refractivity contribution in [3.8, 4) is 0 Å². The van der Waals surface area contributed by atoms with Crippen molar-refractivity contribution < 1.29 is 28.6 Å². The first-order valence-electron chi connectivity index (χ1n) is 22.6. The Balaban J connectivity index is 4.54. The number of rotatable bonds is 39. The Kier molecular flexibility index (Phi) is 41.6. The summed E-state index contributed by atoms with van der Waals surface area (Å²) in [5, 5.41) is 0. The molecule has 1 unspecified atom stereocenters. The van der Waals surface area contributed by atoms with E-state index < -0.39 is 12.1 Å². The molecule has 0 saturated carbocycles. The highest BCUT2D eigenvalue weighted by Crippen LogP contribution is 2.11. The fourth-order valence-electron chi connectivity index (χ4n) is 5.72. The predicted molar refractivity (Wildman–Crippen MR) is 237 cm³/mol. The number of carbonyl (C=O) groups is 3. The molecule has 0 spiro atoms. The number of allylic oxidation sites excluding steroid dienone is 14. The van der Waals surface area contributed by atoms with Gasteiger partial charge in [-0.05, 0) is 89.9 Å². The first-order chi connectivity index (χ1) is 27.5. The Morgan fingerprint density at radius 2 is 0.804 bits per heavy atom. The van der Waals surface area contributed by atoms with Gasteiger partial charge in [-0.2, -0.15) is 0 Å². The molecule has 0 aromatic rings. The molecule has 0 rings (SSSR count). The van der Waals surface area contributed by atoms with Crippen molar-refractivity contribution in [2.24, 2.45) is 0 Å². The van der Waals surface area contributed by atoms with Crippen LogP contribution in [0, 0.1) is 0 Å². The molecule has 0 bridgehead atoms. The van der Waals surface area contributed by atoms with Gasteiger partial charge in [-0.25, -0.2) is 0 Å². The normalized spacial score (nSPS) is 12.8. The lowest BCUT2D eigenvalue weighted by atomic mass is 10.1. The van der Waals surface area contributed by atoms with E-state index in [1.165, 1.54) is 51.4 Å². The van der Waals surface area contributed by atoms with Crippen molar-refractivity contribution in [2.75, 3.05) is 13.2 Å². The van der Waals surface area contributed by atoms with Gasteiger partial charge in [-0.1, -0.05) is 170 Å². The maximum absolute atomic E-state index is 12.7. The van der Waals surface area contributed by atoms with Crippen LogP contribution in [0.4, 0.5) is 0 Å². The quantitative estimate of drug-likeness (QED) is 0.0203. The summed E-state index contributed by atoms with van der Waals surface area (Å²) in [5.41, 5.74) is 0. The topological polar surface area (TPSA) is 78.9 Å². The number of ether oxygens (including phenoxy) is 3. The molecule has 0 N–H and O–H groups in total. The molecule has 0 aliphatic rings. The molecule has 1 atom stereocenters.